The SMILES string of the molecule is CCCC(CCC)CC[C@@H](NC(=O)c1cccnc1)C(=O)N[C@H](Cc1ccccc1)[C@@H](O)[C@H](O)[C@H](CC#N)NC(C)=O. The van der Waals surface area contributed by atoms with Crippen molar-refractivity contribution in [1.82, 2.24) is 20.9 Å². The second-order valence-corrected chi connectivity index (χ2v) is 10.7. The van der Waals surface area contributed by atoms with Crippen molar-refractivity contribution in [2.24, 2.45) is 5.92 Å². The molecule has 10 nitrogen and oxygen atoms in total. The minimum Gasteiger partial charge on any atom is -0.388 e. The lowest BCUT2D eigenvalue weighted by molar-refractivity contribution is -0.127. The summed E-state index contributed by atoms with van der Waals surface area (Å²) in [6.45, 7) is 5.50. The Morgan fingerprint density at radius 1 is 0.881 bits per heavy atom. The van der Waals surface area contributed by atoms with Crippen molar-refractivity contribution in [2.45, 2.75) is 102 Å². The molecule has 0 spiro atoms. The monoisotopic (exact) mass is 579 g/mol. The largest absolute Gasteiger partial charge is 0.388 e. The summed E-state index contributed by atoms with van der Waals surface area (Å²) in [5, 5.41) is 39.7. The average molecular weight is 580 g/mol. The van der Waals surface area contributed by atoms with Gasteiger partial charge in [0.2, 0.25) is 11.8 Å². The topological polar surface area (TPSA) is 164 Å². The number of aromatic nitrogens is 1. The van der Waals surface area contributed by atoms with Gasteiger partial charge in [-0.3, -0.25) is 19.4 Å². The third kappa shape index (κ3) is 11.6. The molecule has 2 aromatic rings. The lowest BCUT2D eigenvalue weighted by Gasteiger charge is -2.33. The van der Waals surface area contributed by atoms with Crippen molar-refractivity contribution in [3.8, 4) is 6.07 Å². The van der Waals surface area contributed by atoms with E-state index < -0.39 is 48.1 Å². The molecule has 0 unspecified atom stereocenters. The van der Waals surface area contributed by atoms with Crippen molar-refractivity contribution >= 4 is 17.7 Å². The highest BCUT2D eigenvalue weighted by molar-refractivity contribution is 5.97. The zero-order chi connectivity index (χ0) is 30.9. The number of nitriles is 1. The number of amides is 3. The molecule has 0 aliphatic heterocycles. The van der Waals surface area contributed by atoms with Gasteiger partial charge in [-0.15, -0.1) is 0 Å². The first kappa shape index (κ1) is 34.4. The number of benzene rings is 1. The lowest BCUT2D eigenvalue weighted by Crippen LogP contribution is -2.59. The molecule has 0 saturated carbocycles. The molecule has 42 heavy (non-hydrogen) atoms. The third-order valence-electron chi connectivity index (χ3n) is 7.30. The number of aliphatic hydroxyl groups excluding tert-OH is 2. The smallest absolute Gasteiger partial charge is 0.253 e. The first-order chi connectivity index (χ1) is 20.2. The van der Waals surface area contributed by atoms with Gasteiger partial charge >= 0.3 is 0 Å². The Kier molecular flexibility index (Phi) is 15.2. The van der Waals surface area contributed by atoms with Crippen LogP contribution in [0.5, 0.6) is 0 Å². The van der Waals surface area contributed by atoms with E-state index in [1.807, 2.05) is 36.4 Å². The number of hydrogen-bond donors (Lipinski definition) is 5. The molecule has 1 aromatic carbocycles. The van der Waals surface area contributed by atoms with Crippen LogP contribution in [-0.4, -0.2) is 63.3 Å². The average Bonchev–Trinajstić information content (AvgIpc) is 2.98. The van der Waals surface area contributed by atoms with Gasteiger partial charge in [-0.1, -0.05) is 69.9 Å². The van der Waals surface area contributed by atoms with E-state index in [1.165, 1.54) is 13.1 Å². The van der Waals surface area contributed by atoms with Crippen molar-refractivity contribution in [3.05, 3.63) is 66.0 Å². The number of carbonyl (C=O) groups excluding carboxylic acids is 3. The second kappa shape index (κ2) is 18.6. The summed E-state index contributed by atoms with van der Waals surface area (Å²) >= 11 is 0. The van der Waals surface area contributed by atoms with Crippen LogP contribution in [0, 0.1) is 17.2 Å². The fraction of sp³-hybridized carbons (Fsp3) is 0.531. The van der Waals surface area contributed by atoms with E-state index >= 15 is 0 Å². The van der Waals surface area contributed by atoms with E-state index in [1.54, 1.807) is 18.3 Å². The van der Waals surface area contributed by atoms with Crippen LogP contribution in [-0.2, 0) is 16.0 Å². The maximum atomic E-state index is 13.8. The molecular formula is C32H45N5O5. The van der Waals surface area contributed by atoms with Crippen molar-refractivity contribution in [2.75, 3.05) is 0 Å². The maximum absolute atomic E-state index is 13.8. The summed E-state index contributed by atoms with van der Waals surface area (Å²) < 4.78 is 0. The van der Waals surface area contributed by atoms with E-state index in [0.29, 0.717) is 17.9 Å². The number of rotatable bonds is 18. The van der Waals surface area contributed by atoms with Gasteiger partial charge in [-0.2, -0.15) is 5.26 Å². The highest BCUT2D eigenvalue weighted by atomic mass is 16.3. The zero-order valence-corrected chi connectivity index (χ0v) is 24.8. The van der Waals surface area contributed by atoms with Gasteiger partial charge in [0.15, 0.2) is 0 Å². The van der Waals surface area contributed by atoms with Crippen LogP contribution in [0.1, 0.15) is 81.6 Å². The molecule has 0 aliphatic rings. The van der Waals surface area contributed by atoms with Crippen LogP contribution in [0.25, 0.3) is 0 Å². The Labute approximate surface area is 248 Å². The molecule has 0 fully saturated rings. The van der Waals surface area contributed by atoms with Crippen LogP contribution >= 0.6 is 0 Å². The first-order valence-corrected chi connectivity index (χ1v) is 14.7. The Morgan fingerprint density at radius 3 is 2.12 bits per heavy atom. The third-order valence-corrected chi connectivity index (χ3v) is 7.30. The lowest BCUT2D eigenvalue weighted by atomic mass is 9.90. The summed E-state index contributed by atoms with van der Waals surface area (Å²) in [6.07, 6.45) is 5.05. The van der Waals surface area contributed by atoms with E-state index in [-0.39, 0.29) is 12.8 Å². The van der Waals surface area contributed by atoms with Crippen LogP contribution in [0.2, 0.25) is 0 Å². The van der Waals surface area contributed by atoms with Crippen molar-refractivity contribution < 1.29 is 24.6 Å². The number of nitrogens with zero attached hydrogens (tertiary/aromatic N) is 2. The maximum Gasteiger partial charge on any atom is 0.253 e. The molecule has 3 amide bonds. The van der Waals surface area contributed by atoms with Gasteiger partial charge in [0.1, 0.15) is 18.2 Å². The molecule has 1 aromatic heterocycles. The van der Waals surface area contributed by atoms with E-state index in [9.17, 15) is 29.9 Å². The van der Waals surface area contributed by atoms with Gasteiger partial charge in [0, 0.05) is 19.3 Å². The molecule has 1 heterocycles. The minimum absolute atomic E-state index is 0.168. The molecule has 5 atom stereocenters. The van der Waals surface area contributed by atoms with Gasteiger partial charge in [-0.25, -0.2) is 0 Å². The van der Waals surface area contributed by atoms with Gasteiger partial charge in [-0.05, 0) is 42.9 Å². The molecule has 2 rings (SSSR count). The van der Waals surface area contributed by atoms with Crippen LogP contribution in [0.4, 0.5) is 0 Å². The Balaban J connectivity index is 2.33. The molecule has 0 bridgehead atoms. The van der Waals surface area contributed by atoms with E-state index in [2.05, 4.69) is 34.8 Å². The summed E-state index contributed by atoms with van der Waals surface area (Å²) in [5.41, 5.74) is 1.12. The number of carbonyl (C=O) groups is 3. The highest BCUT2D eigenvalue weighted by Gasteiger charge is 2.35. The van der Waals surface area contributed by atoms with Crippen LogP contribution in [0.3, 0.4) is 0 Å². The molecule has 10 heteroatoms. The molecular weight excluding hydrogens is 534 g/mol. The van der Waals surface area contributed by atoms with E-state index in [4.69, 9.17) is 0 Å². The number of hydrogen-bond acceptors (Lipinski definition) is 7. The van der Waals surface area contributed by atoms with Gasteiger partial charge in [0.25, 0.3) is 5.91 Å². The summed E-state index contributed by atoms with van der Waals surface area (Å²) in [7, 11) is 0. The van der Waals surface area contributed by atoms with E-state index in [0.717, 1.165) is 37.7 Å². The predicted molar refractivity (Wildman–Crippen MR) is 160 cm³/mol. The highest BCUT2D eigenvalue weighted by Crippen LogP contribution is 2.21. The molecule has 0 radical (unpaired) electrons. The Bertz CT molecular complexity index is 1130. The zero-order valence-electron chi connectivity index (χ0n) is 24.8. The predicted octanol–water partition coefficient (Wildman–Crippen LogP) is 3.04. The first-order valence-electron chi connectivity index (χ1n) is 14.7. The quantitative estimate of drug-likeness (QED) is 0.181. The van der Waals surface area contributed by atoms with Gasteiger partial charge in [0.05, 0.1) is 30.1 Å². The molecule has 5 N–H and O–H groups in total. The number of pyridine rings is 1. The minimum atomic E-state index is -1.54. The molecule has 0 aliphatic carbocycles. The standard InChI is InChI=1S/C32H45N5O5/c1-4-10-23(11-5-2)15-16-27(36-31(41)25-14-9-19-34-21-25)32(42)37-28(20-24-12-7-6-8-13-24)30(40)29(39)26(17-18-33)35-22(3)38/h6-9,12-14,19,21,23,26-30,39-40H,4-5,10-11,15-17,20H2,1-3H3,(H,35,38)(H,36,41)(H,37,42)/t26-,27+,28+,29+,30+/m0/s1. The summed E-state index contributed by atoms with van der Waals surface area (Å²) in [4.78, 5) is 42.5. The molecule has 228 valence electrons. The Morgan fingerprint density at radius 2 is 1.55 bits per heavy atom. The summed E-state index contributed by atoms with van der Waals surface area (Å²) in [5.74, 6) is -0.993. The number of nitrogens with one attached hydrogen (secondary N) is 3. The van der Waals surface area contributed by atoms with Gasteiger partial charge < -0.3 is 26.2 Å². The fourth-order valence-electron chi connectivity index (χ4n) is 5.16. The fourth-order valence-corrected chi connectivity index (χ4v) is 5.16. The second-order valence-electron chi connectivity index (χ2n) is 10.7. The molecule has 0 saturated heterocycles. The summed E-state index contributed by atoms with van der Waals surface area (Å²) in [6, 6.07) is 11.4. The van der Waals surface area contributed by atoms with Crippen LogP contribution in [0.15, 0.2) is 54.9 Å². The number of aliphatic hydroxyl groups is 2. The van der Waals surface area contributed by atoms with Crippen molar-refractivity contribution in [1.29, 1.82) is 5.26 Å². The normalized spacial score (nSPS) is 14.6. The van der Waals surface area contributed by atoms with Crippen molar-refractivity contribution in [3.63, 3.8) is 0 Å². The Hall–Kier alpha value is -3.81. The van der Waals surface area contributed by atoms with Crippen LogP contribution < -0.4 is 16.0 Å².